The van der Waals surface area contributed by atoms with Crippen molar-refractivity contribution in [3.63, 3.8) is 0 Å². The Morgan fingerprint density at radius 3 is 3.07 bits per heavy atom. The van der Waals surface area contributed by atoms with Gasteiger partial charge in [-0.1, -0.05) is 6.07 Å². The van der Waals surface area contributed by atoms with Gasteiger partial charge in [0.2, 0.25) is 5.91 Å². The van der Waals surface area contributed by atoms with Gasteiger partial charge in [-0.05, 0) is 24.8 Å². The number of carbonyl (C=O) groups excluding carboxylic acids is 1. The van der Waals surface area contributed by atoms with Crippen molar-refractivity contribution in [3.05, 3.63) is 22.4 Å². The summed E-state index contributed by atoms with van der Waals surface area (Å²) in [6, 6.07) is 4.25. The zero-order chi connectivity index (χ0) is 11.1. The fourth-order valence-electron chi connectivity index (χ4n) is 1.37. The van der Waals surface area contributed by atoms with Gasteiger partial charge in [-0.25, -0.2) is 0 Å². The summed E-state index contributed by atoms with van der Waals surface area (Å²) in [7, 11) is 0. The van der Waals surface area contributed by atoms with Gasteiger partial charge in [-0.2, -0.15) is 0 Å². The Hall–Kier alpha value is -0.870. The molecule has 0 aromatic carbocycles. The maximum absolute atomic E-state index is 11.3. The van der Waals surface area contributed by atoms with Crippen LogP contribution >= 0.6 is 11.3 Å². The lowest BCUT2D eigenvalue weighted by Gasteiger charge is -2.12. The monoisotopic (exact) mass is 227 g/mol. The molecule has 0 bridgehead atoms. The summed E-state index contributed by atoms with van der Waals surface area (Å²) >= 11 is 1.70. The number of hydrogen-bond donors (Lipinski definition) is 2. The lowest BCUT2D eigenvalue weighted by atomic mass is 10.2. The van der Waals surface area contributed by atoms with Crippen LogP contribution in [-0.4, -0.2) is 23.7 Å². The number of carbonyl (C=O) groups is 1. The van der Waals surface area contributed by atoms with Crippen LogP contribution in [0.5, 0.6) is 0 Å². The molecule has 0 fully saturated rings. The number of nitrogens with one attached hydrogen (secondary N) is 1. The molecule has 1 atom stereocenters. The molecule has 3 nitrogen and oxygen atoms in total. The smallest absolute Gasteiger partial charge is 0.220 e. The molecule has 0 saturated heterocycles. The molecule has 0 saturated carbocycles. The van der Waals surface area contributed by atoms with Crippen LogP contribution in [0.2, 0.25) is 0 Å². The fraction of sp³-hybridized carbons (Fsp3) is 0.545. The van der Waals surface area contributed by atoms with Gasteiger partial charge in [0, 0.05) is 30.4 Å². The molecule has 4 heteroatoms. The van der Waals surface area contributed by atoms with E-state index in [1.807, 2.05) is 18.4 Å². The van der Waals surface area contributed by atoms with Gasteiger partial charge in [0.25, 0.3) is 0 Å². The third kappa shape index (κ3) is 4.95. The van der Waals surface area contributed by atoms with E-state index >= 15 is 0 Å². The molecule has 1 aromatic heterocycles. The van der Waals surface area contributed by atoms with E-state index in [4.69, 9.17) is 5.11 Å². The summed E-state index contributed by atoms with van der Waals surface area (Å²) in [5.41, 5.74) is 0. The van der Waals surface area contributed by atoms with Crippen molar-refractivity contribution in [1.82, 2.24) is 5.32 Å². The van der Waals surface area contributed by atoms with E-state index in [2.05, 4.69) is 11.4 Å². The first-order valence-electron chi connectivity index (χ1n) is 5.15. The summed E-state index contributed by atoms with van der Waals surface area (Å²) in [5.74, 6) is 0.0214. The Kier molecular flexibility index (Phi) is 5.36. The van der Waals surface area contributed by atoms with Crippen molar-refractivity contribution in [2.75, 3.05) is 6.61 Å². The number of aliphatic hydroxyl groups excluding tert-OH is 1. The quantitative estimate of drug-likeness (QED) is 0.775. The number of rotatable bonds is 6. The van der Waals surface area contributed by atoms with Crippen molar-refractivity contribution >= 4 is 17.2 Å². The molecule has 84 valence electrons. The van der Waals surface area contributed by atoms with Crippen LogP contribution in [0.25, 0.3) is 0 Å². The van der Waals surface area contributed by atoms with E-state index in [1.54, 1.807) is 11.3 Å². The topological polar surface area (TPSA) is 49.3 Å². The highest BCUT2D eigenvalue weighted by atomic mass is 32.1. The molecule has 2 N–H and O–H groups in total. The highest BCUT2D eigenvalue weighted by molar-refractivity contribution is 7.09. The molecule has 15 heavy (non-hydrogen) atoms. The fourth-order valence-corrected chi connectivity index (χ4v) is 2.20. The first-order valence-corrected chi connectivity index (χ1v) is 6.03. The Labute approximate surface area is 94.1 Å². The van der Waals surface area contributed by atoms with Crippen LogP contribution in [0.15, 0.2) is 17.5 Å². The highest BCUT2D eigenvalue weighted by Crippen LogP contribution is 2.10. The maximum Gasteiger partial charge on any atom is 0.220 e. The lowest BCUT2D eigenvalue weighted by molar-refractivity contribution is -0.121. The predicted molar refractivity (Wildman–Crippen MR) is 61.9 cm³/mol. The number of amides is 1. The molecule has 0 spiro atoms. The third-order valence-corrected chi connectivity index (χ3v) is 2.96. The second kappa shape index (κ2) is 6.58. The summed E-state index contributed by atoms with van der Waals surface area (Å²) in [4.78, 5) is 12.6. The average Bonchev–Trinajstić information content (AvgIpc) is 2.67. The molecule has 1 amide bonds. The summed E-state index contributed by atoms with van der Waals surface area (Å²) in [6.07, 6.45) is 1.82. The lowest BCUT2D eigenvalue weighted by Crippen LogP contribution is -2.33. The van der Waals surface area contributed by atoms with E-state index in [1.165, 1.54) is 4.88 Å². The van der Waals surface area contributed by atoms with Crippen LogP contribution in [0.1, 0.15) is 24.6 Å². The minimum absolute atomic E-state index is 0.0214. The molecule has 1 unspecified atom stereocenters. The molecular formula is C11H17NO2S. The number of hydrogen-bond acceptors (Lipinski definition) is 3. The Bertz CT molecular complexity index is 285. The second-order valence-corrected chi connectivity index (χ2v) is 4.61. The van der Waals surface area contributed by atoms with Crippen molar-refractivity contribution in [1.29, 1.82) is 0 Å². The van der Waals surface area contributed by atoms with Gasteiger partial charge in [0.15, 0.2) is 0 Å². The summed E-state index contributed by atoms with van der Waals surface area (Å²) in [5, 5.41) is 13.5. The Balaban J connectivity index is 2.23. The maximum atomic E-state index is 11.3. The largest absolute Gasteiger partial charge is 0.396 e. The molecular weight excluding hydrogens is 210 g/mol. The SMILES string of the molecule is CC(Cc1cccs1)NC(=O)CCCO. The van der Waals surface area contributed by atoms with E-state index in [0.717, 1.165) is 6.42 Å². The van der Waals surface area contributed by atoms with E-state index in [0.29, 0.717) is 12.8 Å². The van der Waals surface area contributed by atoms with Crippen molar-refractivity contribution < 1.29 is 9.90 Å². The molecule has 0 aliphatic carbocycles. The molecule has 1 heterocycles. The van der Waals surface area contributed by atoms with E-state index < -0.39 is 0 Å². The molecule has 1 aromatic rings. The molecule has 0 aliphatic rings. The van der Waals surface area contributed by atoms with Crippen molar-refractivity contribution in [3.8, 4) is 0 Å². The van der Waals surface area contributed by atoms with Crippen LogP contribution < -0.4 is 5.32 Å². The first kappa shape index (κ1) is 12.2. The Morgan fingerprint density at radius 1 is 1.67 bits per heavy atom. The standard InChI is InChI=1S/C11H17NO2S/c1-9(8-10-4-3-7-15-10)12-11(14)5-2-6-13/h3-4,7,9,13H,2,5-6,8H2,1H3,(H,12,14). The zero-order valence-electron chi connectivity index (χ0n) is 8.90. The van der Waals surface area contributed by atoms with Gasteiger partial charge in [0.05, 0.1) is 0 Å². The van der Waals surface area contributed by atoms with Gasteiger partial charge >= 0.3 is 0 Å². The van der Waals surface area contributed by atoms with Crippen LogP contribution in [0, 0.1) is 0 Å². The van der Waals surface area contributed by atoms with Crippen LogP contribution in [0.4, 0.5) is 0 Å². The van der Waals surface area contributed by atoms with Gasteiger partial charge in [-0.15, -0.1) is 11.3 Å². The van der Waals surface area contributed by atoms with E-state index in [9.17, 15) is 4.79 Å². The predicted octanol–water partition coefficient (Wildman–Crippen LogP) is 1.57. The highest BCUT2D eigenvalue weighted by Gasteiger charge is 2.07. The molecule has 0 aliphatic heterocycles. The van der Waals surface area contributed by atoms with Crippen molar-refractivity contribution in [2.45, 2.75) is 32.2 Å². The Morgan fingerprint density at radius 2 is 2.47 bits per heavy atom. The van der Waals surface area contributed by atoms with E-state index in [-0.39, 0.29) is 18.6 Å². The zero-order valence-corrected chi connectivity index (χ0v) is 9.72. The van der Waals surface area contributed by atoms with Crippen LogP contribution in [0.3, 0.4) is 0 Å². The third-order valence-electron chi connectivity index (χ3n) is 2.06. The molecule has 0 radical (unpaired) electrons. The van der Waals surface area contributed by atoms with Gasteiger partial charge < -0.3 is 10.4 Å². The first-order chi connectivity index (χ1) is 7.22. The van der Waals surface area contributed by atoms with Crippen molar-refractivity contribution in [2.24, 2.45) is 0 Å². The number of aliphatic hydroxyl groups is 1. The average molecular weight is 227 g/mol. The normalized spacial score (nSPS) is 12.4. The molecule has 1 rings (SSSR count). The summed E-state index contributed by atoms with van der Waals surface area (Å²) in [6.45, 7) is 2.07. The minimum atomic E-state index is 0.0214. The summed E-state index contributed by atoms with van der Waals surface area (Å²) < 4.78 is 0. The number of thiophene rings is 1. The minimum Gasteiger partial charge on any atom is -0.396 e. The van der Waals surface area contributed by atoms with Crippen LogP contribution in [-0.2, 0) is 11.2 Å². The van der Waals surface area contributed by atoms with Gasteiger partial charge in [-0.3, -0.25) is 4.79 Å². The van der Waals surface area contributed by atoms with Gasteiger partial charge in [0.1, 0.15) is 0 Å². The second-order valence-electron chi connectivity index (χ2n) is 3.58.